The number of hydrogen-bond acceptors (Lipinski definition) is 4. The molecule has 8 heteroatoms. The van der Waals surface area contributed by atoms with Crippen LogP contribution in [0.25, 0.3) is 0 Å². The first-order chi connectivity index (χ1) is 13.2. The first-order valence-corrected chi connectivity index (χ1v) is 9.22. The van der Waals surface area contributed by atoms with E-state index in [1.54, 1.807) is 30.1 Å². The Balaban J connectivity index is 1.42. The molecule has 7 nitrogen and oxygen atoms in total. The number of hydrogen-bond donors (Lipinski definition) is 1. The summed E-state index contributed by atoms with van der Waals surface area (Å²) in [6.45, 7) is 3.78. The average molecular weight is 391 g/mol. The minimum absolute atomic E-state index is 0.0717. The summed E-state index contributed by atoms with van der Waals surface area (Å²) in [6.07, 6.45) is 1.51. The third-order valence-corrected chi connectivity index (χ3v) is 4.50. The molecular formula is C19H23ClN4O3. The van der Waals surface area contributed by atoms with Crippen molar-refractivity contribution in [3.05, 3.63) is 53.4 Å². The van der Waals surface area contributed by atoms with E-state index in [0.717, 1.165) is 11.7 Å². The molecule has 1 aliphatic rings. The standard InChI is InChI=1S/C19H23ClN4O3/c1-21-19(22-7-13-26-16-5-2-4-15(20)14-16)24-10-8-23(9-11-24)18(25)17-6-3-12-27-17/h2-6,12,14H,7-11,13H2,1H3,(H,21,22). The van der Waals surface area contributed by atoms with Crippen LogP contribution in [-0.2, 0) is 0 Å². The molecule has 0 unspecified atom stereocenters. The van der Waals surface area contributed by atoms with Crippen molar-refractivity contribution in [2.75, 3.05) is 46.4 Å². The van der Waals surface area contributed by atoms with Gasteiger partial charge in [0, 0.05) is 38.2 Å². The molecule has 3 rings (SSSR count). The highest BCUT2D eigenvalue weighted by Crippen LogP contribution is 2.16. The largest absolute Gasteiger partial charge is 0.492 e. The van der Waals surface area contributed by atoms with Crippen molar-refractivity contribution in [3.63, 3.8) is 0 Å². The second-order valence-electron chi connectivity index (χ2n) is 6.04. The maximum Gasteiger partial charge on any atom is 0.289 e. The highest BCUT2D eigenvalue weighted by atomic mass is 35.5. The normalized spacial score (nSPS) is 15.0. The van der Waals surface area contributed by atoms with Gasteiger partial charge in [0.15, 0.2) is 11.7 Å². The van der Waals surface area contributed by atoms with Gasteiger partial charge in [0.2, 0.25) is 0 Å². The summed E-state index contributed by atoms with van der Waals surface area (Å²) in [5, 5.41) is 3.94. The number of aliphatic imine (C=N–C) groups is 1. The molecule has 0 spiro atoms. The summed E-state index contributed by atoms with van der Waals surface area (Å²) < 4.78 is 10.9. The molecule has 1 fully saturated rings. The van der Waals surface area contributed by atoms with E-state index >= 15 is 0 Å². The molecular weight excluding hydrogens is 368 g/mol. The smallest absolute Gasteiger partial charge is 0.289 e. The maximum atomic E-state index is 12.3. The summed E-state index contributed by atoms with van der Waals surface area (Å²) >= 11 is 5.94. The number of carbonyl (C=O) groups excluding carboxylic acids is 1. The first kappa shape index (κ1) is 19.1. The Morgan fingerprint density at radius 2 is 2.00 bits per heavy atom. The fraction of sp³-hybridized carbons (Fsp3) is 0.368. The van der Waals surface area contributed by atoms with Crippen molar-refractivity contribution >= 4 is 23.5 Å². The van der Waals surface area contributed by atoms with Crippen molar-refractivity contribution in [2.45, 2.75) is 0 Å². The highest BCUT2D eigenvalue weighted by Gasteiger charge is 2.24. The number of furan rings is 1. The van der Waals surface area contributed by atoms with Crippen molar-refractivity contribution in [1.29, 1.82) is 0 Å². The van der Waals surface area contributed by atoms with E-state index in [-0.39, 0.29) is 5.91 Å². The molecule has 0 atom stereocenters. The van der Waals surface area contributed by atoms with Gasteiger partial charge in [0.25, 0.3) is 5.91 Å². The molecule has 1 N–H and O–H groups in total. The van der Waals surface area contributed by atoms with E-state index in [1.807, 2.05) is 18.2 Å². The predicted octanol–water partition coefficient (Wildman–Crippen LogP) is 2.35. The summed E-state index contributed by atoms with van der Waals surface area (Å²) in [7, 11) is 1.75. The Morgan fingerprint density at radius 3 is 2.67 bits per heavy atom. The van der Waals surface area contributed by atoms with Crippen LogP contribution in [0.1, 0.15) is 10.6 Å². The SMILES string of the molecule is CN=C(NCCOc1cccc(Cl)c1)N1CCN(C(=O)c2ccco2)CC1. The van der Waals surface area contributed by atoms with Gasteiger partial charge >= 0.3 is 0 Å². The fourth-order valence-electron chi connectivity index (χ4n) is 2.90. The van der Waals surface area contributed by atoms with E-state index in [9.17, 15) is 4.79 Å². The number of benzene rings is 1. The van der Waals surface area contributed by atoms with Crippen LogP contribution in [-0.4, -0.2) is 68.0 Å². The lowest BCUT2D eigenvalue weighted by molar-refractivity contribution is 0.0657. The minimum Gasteiger partial charge on any atom is -0.492 e. The van der Waals surface area contributed by atoms with Crippen LogP contribution in [0.15, 0.2) is 52.1 Å². The Kier molecular flexibility index (Phi) is 6.59. The third kappa shape index (κ3) is 5.17. The van der Waals surface area contributed by atoms with Gasteiger partial charge in [-0.1, -0.05) is 17.7 Å². The summed E-state index contributed by atoms with van der Waals surface area (Å²) in [5.41, 5.74) is 0. The quantitative estimate of drug-likeness (QED) is 0.482. The second-order valence-corrected chi connectivity index (χ2v) is 6.47. The summed E-state index contributed by atoms with van der Waals surface area (Å²) in [6, 6.07) is 10.7. The molecule has 1 aliphatic heterocycles. The lowest BCUT2D eigenvalue weighted by Crippen LogP contribution is -2.54. The van der Waals surface area contributed by atoms with Crippen LogP contribution in [0.3, 0.4) is 0 Å². The van der Waals surface area contributed by atoms with Crippen molar-refractivity contribution in [1.82, 2.24) is 15.1 Å². The number of amides is 1. The van der Waals surface area contributed by atoms with Gasteiger partial charge in [-0.15, -0.1) is 0 Å². The molecule has 1 saturated heterocycles. The van der Waals surface area contributed by atoms with Crippen molar-refractivity contribution in [3.8, 4) is 5.75 Å². The molecule has 1 aromatic carbocycles. The monoisotopic (exact) mass is 390 g/mol. The molecule has 0 aliphatic carbocycles. The fourth-order valence-corrected chi connectivity index (χ4v) is 3.08. The third-order valence-electron chi connectivity index (χ3n) is 4.26. The van der Waals surface area contributed by atoms with E-state index in [4.69, 9.17) is 20.8 Å². The predicted molar refractivity (Wildman–Crippen MR) is 104 cm³/mol. The van der Waals surface area contributed by atoms with Crippen LogP contribution in [0, 0.1) is 0 Å². The number of piperazine rings is 1. The molecule has 144 valence electrons. The number of ether oxygens (including phenoxy) is 1. The number of nitrogens with zero attached hydrogens (tertiary/aromatic N) is 3. The zero-order chi connectivity index (χ0) is 19.1. The molecule has 2 heterocycles. The molecule has 0 bridgehead atoms. The Bertz CT molecular complexity index is 771. The van der Waals surface area contributed by atoms with Crippen LogP contribution in [0.4, 0.5) is 0 Å². The van der Waals surface area contributed by atoms with Crippen LogP contribution >= 0.6 is 11.6 Å². The lowest BCUT2D eigenvalue weighted by Gasteiger charge is -2.36. The van der Waals surface area contributed by atoms with Gasteiger partial charge in [0.1, 0.15) is 12.4 Å². The van der Waals surface area contributed by atoms with E-state index in [0.29, 0.717) is 50.1 Å². The molecule has 1 aromatic heterocycles. The van der Waals surface area contributed by atoms with Crippen molar-refractivity contribution < 1.29 is 13.9 Å². The second kappa shape index (κ2) is 9.32. The van der Waals surface area contributed by atoms with Crippen LogP contribution < -0.4 is 10.1 Å². The van der Waals surface area contributed by atoms with Gasteiger partial charge in [0.05, 0.1) is 12.8 Å². The molecule has 2 aromatic rings. The molecule has 1 amide bonds. The molecule has 0 saturated carbocycles. The number of rotatable bonds is 5. The highest BCUT2D eigenvalue weighted by molar-refractivity contribution is 6.30. The summed E-state index contributed by atoms with van der Waals surface area (Å²) in [5.74, 6) is 1.85. The average Bonchev–Trinajstić information content (AvgIpc) is 3.23. The van der Waals surface area contributed by atoms with Gasteiger partial charge in [-0.3, -0.25) is 9.79 Å². The zero-order valence-corrected chi connectivity index (χ0v) is 16.0. The Labute approximate surface area is 163 Å². The first-order valence-electron chi connectivity index (χ1n) is 8.84. The van der Waals surface area contributed by atoms with Crippen LogP contribution in [0.2, 0.25) is 5.02 Å². The topological polar surface area (TPSA) is 70.3 Å². The van der Waals surface area contributed by atoms with E-state index in [2.05, 4.69) is 15.2 Å². The van der Waals surface area contributed by atoms with Gasteiger partial charge in [-0.25, -0.2) is 0 Å². The van der Waals surface area contributed by atoms with E-state index in [1.165, 1.54) is 6.26 Å². The van der Waals surface area contributed by atoms with Crippen LogP contribution in [0.5, 0.6) is 5.75 Å². The number of carbonyl (C=O) groups is 1. The maximum absolute atomic E-state index is 12.3. The number of nitrogens with one attached hydrogen (secondary N) is 1. The molecule has 27 heavy (non-hydrogen) atoms. The van der Waals surface area contributed by atoms with Crippen molar-refractivity contribution in [2.24, 2.45) is 4.99 Å². The lowest BCUT2D eigenvalue weighted by atomic mass is 10.3. The van der Waals surface area contributed by atoms with Gasteiger partial charge in [-0.05, 0) is 30.3 Å². The molecule has 0 radical (unpaired) electrons. The van der Waals surface area contributed by atoms with E-state index < -0.39 is 0 Å². The number of halogens is 1. The minimum atomic E-state index is -0.0717. The Hall–Kier alpha value is -2.67. The Morgan fingerprint density at radius 1 is 1.22 bits per heavy atom. The zero-order valence-electron chi connectivity index (χ0n) is 15.2. The van der Waals surface area contributed by atoms with Gasteiger partial charge < -0.3 is 24.3 Å². The van der Waals surface area contributed by atoms with Gasteiger partial charge in [-0.2, -0.15) is 0 Å². The summed E-state index contributed by atoms with van der Waals surface area (Å²) in [4.78, 5) is 20.6. The number of guanidine groups is 1.